The molecule has 1 aromatic carbocycles. The molecule has 0 bridgehead atoms. The zero-order valence-electron chi connectivity index (χ0n) is 11.0. The standard InChI is InChI=1S/C13H21N2OP/c1-5-14(3)9-13(16)15(4)11-7-6-10(2)12(17)8-11/h6-8H,5,9,17H2,1-4H3. The van der Waals surface area contributed by atoms with E-state index < -0.39 is 0 Å². The average molecular weight is 252 g/mol. The summed E-state index contributed by atoms with van der Waals surface area (Å²) in [5.74, 6) is 0.114. The Morgan fingerprint density at radius 3 is 2.53 bits per heavy atom. The van der Waals surface area contributed by atoms with Gasteiger partial charge in [-0.25, -0.2) is 0 Å². The predicted octanol–water partition coefficient (Wildman–Crippen LogP) is 1.41. The number of aryl methyl sites for hydroxylation is 1. The first-order valence-corrected chi connectivity index (χ1v) is 6.34. The van der Waals surface area contributed by atoms with E-state index in [2.05, 4.69) is 16.2 Å². The molecule has 94 valence electrons. The van der Waals surface area contributed by atoms with Gasteiger partial charge in [-0.15, -0.1) is 9.24 Å². The smallest absolute Gasteiger partial charge is 0.240 e. The third-order valence-corrected chi connectivity index (χ3v) is 3.59. The highest BCUT2D eigenvalue weighted by Gasteiger charge is 2.12. The lowest BCUT2D eigenvalue weighted by atomic mass is 10.2. The van der Waals surface area contributed by atoms with Gasteiger partial charge in [0.1, 0.15) is 0 Å². The number of anilines is 1. The van der Waals surface area contributed by atoms with Crippen LogP contribution in [0, 0.1) is 6.92 Å². The van der Waals surface area contributed by atoms with Crippen molar-refractivity contribution in [3.05, 3.63) is 23.8 Å². The number of likely N-dealkylation sites (N-methyl/N-ethyl adjacent to an activating group) is 2. The van der Waals surface area contributed by atoms with Crippen LogP contribution in [0.4, 0.5) is 5.69 Å². The molecule has 0 aliphatic rings. The van der Waals surface area contributed by atoms with E-state index in [0.717, 1.165) is 17.5 Å². The Bertz CT molecular complexity index is 406. The molecule has 0 N–H and O–H groups in total. The molecule has 0 aromatic heterocycles. The average Bonchev–Trinajstić information content (AvgIpc) is 2.31. The van der Waals surface area contributed by atoms with E-state index in [4.69, 9.17) is 0 Å². The van der Waals surface area contributed by atoms with Crippen molar-refractivity contribution in [2.45, 2.75) is 13.8 Å². The topological polar surface area (TPSA) is 23.6 Å². The lowest BCUT2D eigenvalue weighted by molar-refractivity contribution is -0.119. The summed E-state index contributed by atoms with van der Waals surface area (Å²) >= 11 is 0. The molecule has 0 heterocycles. The number of carbonyl (C=O) groups excluding carboxylic acids is 1. The van der Waals surface area contributed by atoms with Crippen LogP contribution in [0.3, 0.4) is 0 Å². The molecule has 0 saturated heterocycles. The Kier molecular flexibility index (Phi) is 5.10. The number of nitrogens with zero attached hydrogens (tertiary/aromatic N) is 2. The van der Waals surface area contributed by atoms with E-state index in [-0.39, 0.29) is 5.91 Å². The van der Waals surface area contributed by atoms with E-state index in [1.807, 2.05) is 44.1 Å². The van der Waals surface area contributed by atoms with Gasteiger partial charge in [0.2, 0.25) is 5.91 Å². The lowest BCUT2D eigenvalue weighted by Crippen LogP contribution is -2.36. The van der Waals surface area contributed by atoms with Gasteiger partial charge in [0.15, 0.2) is 0 Å². The Labute approximate surface area is 106 Å². The molecule has 0 aliphatic heterocycles. The van der Waals surface area contributed by atoms with E-state index in [9.17, 15) is 4.79 Å². The molecule has 0 spiro atoms. The molecule has 1 unspecified atom stereocenters. The first-order chi connectivity index (χ1) is 7.95. The summed E-state index contributed by atoms with van der Waals surface area (Å²) in [6.07, 6.45) is 0. The van der Waals surface area contributed by atoms with Crippen molar-refractivity contribution in [3.63, 3.8) is 0 Å². The molecular formula is C13H21N2OP. The van der Waals surface area contributed by atoms with E-state index >= 15 is 0 Å². The third kappa shape index (κ3) is 3.79. The van der Waals surface area contributed by atoms with Gasteiger partial charge in [-0.1, -0.05) is 13.0 Å². The summed E-state index contributed by atoms with van der Waals surface area (Å²) in [6.45, 7) is 5.42. The van der Waals surface area contributed by atoms with Gasteiger partial charge in [0.25, 0.3) is 0 Å². The minimum Gasteiger partial charge on any atom is -0.314 e. The zero-order valence-corrected chi connectivity index (χ0v) is 12.2. The molecule has 1 rings (SSSR count). The lowest BCUT2D eigenvalue weighted by Gasteiger charge is -2.21. The van der Waals surface area contributed by atoms with Gasteiger partial charge in [-0.3, -0.25) is 9.69 Å². The summed E-state index contributed by atoms with van der Waals surface area (Å²) in [5.41, 5.74) is 2.15. The van der Waals surface area contributed by atoms with E-state index in [1.165, 1.54) is 5.56 Å². The normalized spacial score (nSPS) is 10.7. The van der Waals surface area contributed by atoms with Crippen LogP contribution >= 0.6 is 9.24 Å². The van der Waals surface area contributed by atoms with Crippen LogP contribution in [-0.2, 0) is 4.79 Å². The van der Waals surface area contributed by atoms with Gasteiger partial charge in [0, 0.05) is 12.7 Å². The molecule has 1 atom stereocenters. The van der Waals surface area contributed by atoms with Gasteiger partial charge < -0.3 is 4.90 Å². The fourth-order valence-electron chi connectivity index (χ4n) is 1.43. The minimum atomic E-state index is 0.114. The molecule has 0 aliphatic carbocycles. The maximum Gasteiger partial charge on any atom is 0.240 e. The second-order valence-electron chi connectivity index (χ2n) is 4.32. The summed E-state index contributed by atoms with van der Waals surface area (Å²) in [6, 6.07) is 6.03. The maximum absolute atomic E-state index is 12.0. The van der Waals surface area contributed by atoms with Crippen molar-refractivity contribution in [1.29, 1.82) is 0 Å². The van der Waals surface area contributed by atoms with Gasteiger partial charge in [-0.2, -0.15) is 0 Å². The second-order valence-corrected chi connectivity index (χ2v) is 4.95. The van der Waals surface area contributed by atoms with Crippen LogP contribution in [0.25, 0.3) is 0 Å². The van der Waals surface area contributed by atoms with Crippen LogP contribution < -0.4 is 10.2 Å². The van der Waals surface area contributed by atoms with Crippen LogP contribution in [0.1, 0.15) is 12.5 Å². The van der Waals surface area contributed by atoms with Crippen molar-refractivity contribution in [2.24, 2.45) is 0 Å². The fraction of sp³-hybridized carbons (Fsp3) is 0.462. The van der Waals surface area contributed by atoms with Crippen molar-refractivity contribution >= 4 is 26.1 Å². The first-order valence-electron chi connectivity index (χ1n) is 5.77. The second kappa shape index (κ2) is 6.13. The van der Waals surface area contributed by atoms with Gasteiger partial charge in [-0.05, 0) is 43.5 Å². The molecule has 1 aromatic rings. The van der Waals surface area contributed by atoms with Crippen LogP contribution in [-0.4, -0.2) is 38.0 Å². The molecule has 0 saturated carbocycles. The van der Waals surface area contributed by atoms with Crippen molar-refractivity contribution in [2.75, 3.05) is 32.1 Å². The summed E-state index contributed by atoms with van der Waals surface area (Å²) in [5, 5.41) is 1.13. The van der Waals surface area contributed by atoms with Crippen LogP contribution in [0.5, 0.6) is 0 Å². The van der Waals surface area contributed by atoms with E-state index in [1.54, 1.807) is 4.90 Å². The Hall–Kier alpha value is -0.920. The number of rotatable bonds is 4. The van der Waals surface area contributed by atoms with Crippen molar-refractivity contribution in [1.82, 2.24) is 4.90 Å². The number of carbonyl (C=O) groups is 1. The largest absolute Gasteiger partial charge is 0.314 e. The zero-order chi connectivity index (χ0) is 13.0. The van der Waals surface area contributed by atoms with Gasteiger partial charge in [0.05, 0.1) is 6.54 Å². The number of hydrogen-bond acceptors (Lipinski definition) is 2. The Morgan fingerprint density at radius 2 is 2.00 bits per heavy atom. The van der Waals surface area contributed by atoms with E-state index in [0.29, 0.717) is 6.54 Å². The number of benzene rings is 1. The third-order valence-electron chi connectivity index (χ3n) is 2.97. The first kappa shape index (κ1) is 14.1. The number of hydrogen-bond donors (Lipinski definition) is 0. The predicted molar refractivity (Wildman–Crippen MR) is 77.1 cm³/mol. The minimum absolute atomic E-state index is 0.114. The molecule has 17 heavy (non-hydrogen) atoms. The molecule has 0 fully saturated rings. The van der Waals surface area contributed by atoms with Crippen molar-refractivity contribution in [3.8, 4) is 0 Å². The molecule has 3 nitrogen and oxygen atoms in total. The quantitative estimate of drug-likeness (QED) is 0.756. The Balaban J connectivity index is 2.78. The summed E-state index contributed by atoms with van der Waals surface area (Å²) in [7, 11) is 6.46. The molecule has 0 radical (unpaired) electrons. The molecule has 1 amide bonds. The summed E-state index contributed by atoms with van der Waals surface area (Å²) < 4.78 is 0. The highest BCUT2D eigenvalue weighted by Crippen LogP contribution is 2.14. The fourth-order valence-corrected chi connectivity index (χ4v) is 1.70. The Morgan fingerprint density at radius 1 is 1.35 bits per heavy atom. The van der Waals surface area contributed by atoms with Crippen molar-refractivity contribution < 1.29 is 4.79 Å². The molecular weight excluding hydrogens is 231 g/mol. The maximum atomic E-state index is 12.0. The van der Waals surface area contributed by atoms with Gasteiger partial charge >= 0.3 is 0 Å². The van der Waals surface area contributed by atoms with Crippen LogP contribution in [0.15, 0.2) is 18.2 Å². The monoisotopic (exact) mass is 252 g/mol. The highest BCUT2D eigenvalue weighted by molar-refractivity contribution is 7.27. The number of amides is 1. The van der Waals surface area contributed by atoms with Crippen LogP contribution in [0.2, 0.25) is 0 Å². The SMILES string of the molecule is CCN(C)CC(=O)N(C)c1ccc(C)c(P)c1. The summed E-state index contributed by atoms with van der Waals surface area (Å²) in [4.78, 5) is 15.7. The highest BCUT2D eigenvalue weighted by atomic mass is 31.0. The molecule has 4 heteroatoms.